The smallest absolute Gasteiger partial charge is 0.124 e. The topological polar surface area (TPSA) is 0 Å². The summed E-state index contributed by atoms with van der Waals surface area (Å²) >= 11 is 0. The van der Waals surface area contributed by atoms with E-state index >= 15 is 0 Å². The summed E-state index contributed by atoms with van der Waals surface area (Å²) in [5, 5.41) is 1.52. The second-order valence-electron chi connectivity index (χ2n) is 3.33. The maximum absolute atomic E-state index is 13.2. The first-order valence-corrected chi connectivity index (χ1v) is 4.51. The Labute approximate surface area is 81.2 Å². The van der Waals surface area contributed by atoms with Gasteiger partial charge in [0.15, 0.2) is 0 Å². The van der Waals surface area contributed by atoms with Crippen LogP contribution >= 0.6 is 0 Å². The van der Waals surface area contributed by atoms with Gasteiger partial charge in [-0.25, -0.2) is 8.78 Å². The van der Waals surface area contributed by atoms with Crippen molar-refractivity contribution in [3.05, 3.63) is 47.8 Å². The van der Waals surface area contributed by atoms with Crippen molar-refractivity contribution in [2.24, 2.45) is 0 Å². The first-order chi connectivity index (χ1) is 6.68. The number of fused-ring (bicyclic) bond motifs is 1. The zero-order chi connectivity index (χ0) is 10.1. The lowest BCUT2D eigenvalue weighted by Gasteiger charge is -2.07. The third-order valence-electron chi connectivity index (χ3n) is 2.29. The first kappa shape index (κ1) is 9.13. The molecule has 1 unspecified atom stereocenters. The Bertz CT molecular complexity index is 461. The van der Waals surface area contributed by atoms with Crippen LogP contribution in [-0.2, 0) is 0 Å². The lowest BCUT2D eigenvalue weighted by Crippen LogP contribution is -1.89. The second-order valence-corrected chi connectivity index (χ2v) is 3.33. The van der Waals surface area contributed by atoms with E-state index in [1.54, 1.807) is 12.1 Å². The van der Waals surface area contributed by atoms with Crippen molar-refractivity contribution in [1.29, 1.82) is 0 Å². The number of halogens is 2. The summed E-state index contributed by atoms with van der Waals surface area (Å²) in [5.74, 6) is -0.386. The van der Waals surface area contributed by atoms with Crippen molar-refractivity contribution < 1.29 is 8.78 Å². The number of hydrogen-bond acceptors (Lipinski definition) is 0. The van der Waals surface area contributed by atoms with Gasteiger partial charge in [-0.2, -0.15) is 0 Å². The maximum Gasteiger partial charge on any atom is 0.124 e. The summed E-state index contributed by atoms with van der Waals surface area (Å²) in [7, 11) is 0. The van der Waals surface area contributed by atoms with Gasteiger partial charge in [-0.15, -0.1) is 0 Å². The molecule has 14 heavy (non-hydrogen) atoms. The van der Waals surface area contributed by atoms with Gasteiger partial charge in [0, 0.05) is 0 Å². The van der Waals surface area contributed by atoms with Gasteiger partial charge in [-0.1, -0.05) is 24.3 Å². The average Bonchev–Trinajstić information content (AvgIpc) is 2.16. The molecule has 0 N–H and O–H groups in total. The molecule has 0 radical (unpaired) electrons. The molecule has 0 saturated heterocycles. The van der Waals surface area contributed by atoms with E-state index < -0.39 is 6.17 Å². The first-order valence-electron chi connectivity index (χ1n) is 4.51. The molecule has 1 atom stereocenters. The molecular weight excluding hydrogens is 182 g/mol. The van der Waals surface area contributed by atoms with Crippen molar-refractivity contribution in [2.75, 3.05) is 0 Å². The predicted molar refractivity (Wildman–Crippen MR) is 53.4 cm³/mol. The number of rotatable bonds is 1. The molecule has 0 fully saturated rings. The molecule has 0 heterocycles. The second kappa shape index (κ2) is 3.37. The monoisotopic (exact) mass is 192 g/mol. The molecule has 72 valence electrons. The predicted octanol–water partition coefficient (Wildman–Crippen LogP) is 4.01. The maximum atomic E-state index is 13.2. The zero-order valence-corrected chi connectivity index (χ0v) is 7.80. The van der Waals surface area contributed by atoms with Crippen LogP contribution < -0.4 is 0 Å². The highest BCUT2D eigenvalue weighted by atomic mass is 19.1. The molecule has 0 aliphatic heterocycles. The Morgan fingerprint density at radius 2 is 1.86 bits per heavy atom. The molecule has 0 spiro atoms. The summed E-state index contributed by atoms with van der Waals surface area (Å²) in [5.41, 5.74) is 0.417. The molecule has 0 amide bonds. The van der Waals surface area contributed by atoms with Gasteiger partial charge in [0.05, 0.1) is 0 Å². The Morgan fingerprint density at radius 1 is 1.14 bits per heavy atom. The van der Waals surface area contributed by atoms with E-state index in [9.17, 15) is 8.78 Å². The highest BCUT2D eigenvalue weighted by molar-refractivity contribution is 5.86. The van der Waals surface area contributed by atoms with Crippen LogP contribution in [0.25, 0.3) is 10.8 Å². The van der Waals surface area contributed by atoms with E-state index in [0.717, 1.165) is 10.8 Å². The van der Waals surface area contributed by atoms with E-state index in [1.165, 1.54) is 19.1 Å². The van der Waals surface area contributed by atoms with Gasteiger partial charge in [0.2, 0.25) is 0 Å². The Balaban J connectivity index is 2.80. The fourth-order valence-corrected chi connectivity index (χ4v) is 1.63. The normalized spacial score (nSPS) is 13.1. The summed E-state index contributed by atoms with van der Waals surface area (Å²) in [6.45, 7) is 1.42. The summed E-state index contributed by atoms with van der Waals surface area (Å²) in [6.07, 6.45) is -1.14. The van der Waals surface area contributed by atoms with Gasteiger partial charge >= 0.3 is 0 Å². The van der Waals surface area contributed by atoms with E-state index in [0.29, 0.717) is 5.56 Å². The minimum absolute atomic E-state index is 0.386. The fourth-order valence-electron chi connectivity index (χ4n) is 1.63. The van der Waals surface area contributed by atoms with Crippen LogP contribution in [0.2, 0.25) is 0 Å². The van der Waals surface area contributed by atoms with Crippen LogP contribution in [0.1, 0.15) is 18.7 Å². The molecule has 0 saturated carbocycles. The van der Waals surface area contributed by atoms with Crippen LogP contribution in [0.3, 0.4) is 0 Å². The molecular formula is C12H10F2. The van der Waals surface area contributed by atoms with Crippen LogP contribution in [0.4, 0.5) is 8.78 Å². The summed E-state index contributed by atoms with van der Waals surface area (Å²) in [6, 6.07) is 9.90. The Morgan fingerprint density at radius 3 is 2.57 bits per heavy atom. The highest BCUT2D eigenvalue weighted by Crippen LogP contribution is 2.27. The molecule has 2 aromatic carbocycles. The van der Waals surface area contributed by atoms with Gasteiger partial charge < -0.3 is 0 Å². The lowest BCUT2D eigenvalue weighted by atomic mass is 10.0. The van der Waals surface area contributed by atoms with Crippen molar-refractivity contribution in [3.63, 3.8) is 0 Å². The molecule has 2 rings (SSSR count). The van der Waals surface area contributed by atoms with Gasteiger partial charge in [-0.3, -0.25) is 0 Å². The zero-order valence-electron chi connectivity index (χ0n) is 7.80. The van der Waals surface area contributed by atoms with Gasteiger partial charge in [0.25, 0.3) is 0 Å². The van der Waals surface area contributed by atoms with Crippen LogP contribution in [-0.4, -0.2) is 0 Å². The average molecular weight is 192 g/mol. The lowest BCUT2D eigenvalue weighted by molar-refractivity contribution is 0.375. The Kier molecular flexibility index (Phi) is 2.20. The largest absolute Gasteiger partial charge is 0.243 e. The van der Waals surface area contributed by atoms with Crippen molar-refractivity contribution in [3.8, 4) is 0 Å². The molecule has 2 heteroatoms. The minimum atomic E-state index is -1.14. The minimum Gasteiger partial charge on any atom is -0.243 e. The molecule has 0 nitrogen and oxygen atoms in total. The van der Waals surface area contributed by atoms with Crippen LogP contribution in [0.5, 0.6) is 0 Å². The molecule has 0 aliphatic carbocycles. The SMILES string of the molecule is CC(F)c1cc(F)cc2ccccc12. The van der Waals surface area contributed by atoms with Crippen LogP contribution in [0.15, 0.2) is 36.4 Å². The molecule has 0 aliphatic rings. The van der Waals surface area contributed by atoms with Crippen molar-refractivity contribution in [1.82, 2.24) is 0 Å². The Hall–Kier alpha value is -1.44. The number of benzene rings is 2. The van der Waals surface area contributed by atoms with E-state index in [1.807, 2.05) is 12.1 Å². The number of hydrogen-bond donors (Lipinski definition) is 0. The molecule has 2 aromatic rings. The third-order valence-corrected chi connectivity index (χ3v) is 2.29. The van der Waals surface area contributed by atoms with E-state index in [4.69, 9.17) is 0 Å². The molecule has 0 aromatic heterocycles. The van der Waals surface area contributed by atoms with Gasteiger partial charge in [-0.05, 0) is 35.4 Å². The highest BCUT2D eigenvalue weighted by Gasteiger charge is 2.09. The van der Waals surface area contributed by atoms with Crippen molar-refractivity contribution in [2.45, 2.75) is 13.1 Å². The summed E-state index contributed by atoms with van der Waals surface area (Å²) < 4.78 is 26.3. The van der Waals surface area contributed by atoms with E-state index in [2.05, 4.69) is 0 Å². The third kappa shape index (κ3) is 1.48. The van der Waals surface area contributed by atoms with Crippen molar-refractivity contribution >= 4 is 10.8 Å². The fraction of sp³-hybridized carbons (Fsp3) is 0.167. The number of alkyl halides is 1. The van der Waals surface area contributed by atoms with Gasteiger partial charge in [0.1, 0.15) is 12.0 Å². The van der Waals surface area contributed by atoms with E-state index in [-0.39, 0.29) is 5.82 Å². The standard InChI is InChI=1S/C12H10F2/c1-8(13)12-7-10(14)6-9-4-2-3-5-11(9)12/h2-8H,1H3. The summed E-state index contributed by atoms with van der Waals surface area (Å²) in [4.78, 5) is 0. The quantitative estimate of drug-likeness (QED) is 0.640. The molecule has 0 bridgehead atoms. The van der Waals surface area contributed by atoms with Crippen LogP contribution in [0, 0.1) is 5.82 Å².